The second kappa shape index (κ2) is 8.28. The number of amides is 2. The minimum atomic E-state index is -1.17. The number of fused-ring (bicyclic) bond motifs is 1. The van der Waals surface area contributed by atoms with Crippen LogP contribution in [-0.2, 0) is 22.4 Å². The molecule has 132 valence electrons. The van der Waals surface area contributed by atoms with Gasteiger partial charge < -0.3 is 21.0 Å². The van der Waals surface area contributed by atoms with E-state index in [0.717, 1.165) is 42.5 Å². The number of carboxylic acid groups (broad SMARTS) is 1. The van der Waals surface area contributed by atoms with Crippen LogP contribution in [-0.4, -0.2) is 17.8 Å². The van der Waals surface area contributed by atoms with E-state index >= 15 is 0 Å². The lowest BCUT2D eigenvalue weighted by molar-refractivity contribution is -0.305. The summed E-state index contributed by atoms with van der Waals surface area (Å²) in [5.74, 6) is -1.38. The number of carbonyl (C=O) groups is 3. The van der Waals surface area contributed by atoms with Crippen LogP contribution in [0.3, 0.4) is 0 Å². The summed E-state index contributed by atoms with van der Waals surface area (Å²) >= 11 is 1.43. The Morgan fingerprint density at radius 3 is 2.71 bits per heavy atom. The first-order valence-corrected chi connectivity index (χ1v) is 9.18. The second-order valence-electron chi connectivity index (χ2n) is 6.24. The number of primary amides is 1. The molecule has 1 atom stereocenters. The summed E-state index contributed by atoms with van der Waals surface area (Å²) in [6, 6.07) is 0. The molecule has 0 radical (unpaired) electrons. The number of hydrogen-bond donors (Lipinski definition) is 2. The molecule has 6 nitrogen and oxygen atoms in total. The van der Waals surface area contributed by atoms with E-state index in [9.17, 15) is 19.5 Å². The lowest BCUT2D eigenvalue weighted by Gasteiger charge is -2.21. The topological polar surface area (TPSA) is 112 Å². The van der Waals surface area contributed by atoms with Gasteiger partial charge in [-0.1, -0.05) is 19.8 Å². The van der Waals surface area contributed by atoms with E-state index in [2.05, 4.69) is 12.2 Å². The number of carbonyl (C=O) groups excluding carboxylic acids is 3. The number of rotatable bonds is 8. The molecule has 1 aliphatic rings. The van der Waals surface area contributed by atoms with Crippen molar-refractivity contribution in [2.24, 2.45) is 11.7 Å². The molecule has 0 bridgehead atoms. The summed E-state index contributed by atoms with van der Waals surface area (Å²) in [5.41, 5.74) is 6.93. The van der Waals surface area contributed by atoms with Gasteiger partial charge in [0.15, 0.2) is 0 Å². The number of aliphatic carboxylic acids is 1. The molecule has 0 aliphatic heterocycles. The molecule has 1 aliphatic carbocycles. The van der Waals surface area contributed by atoms with Crippen LogP contribution in [0.1, 0.15) is 66.2 Å². The molecule has 2 rings (SSSR count). The molecule has 0 saturated carbocycles. The van der Waals surface area contributed by atoms with Crippen LogP contribution < -0.4 is 16.2 Å². The van der Waals surface area contributed by atoms with E-state index in [1.165, 1.54) is 11.3 Å². The maximum Gasteiger partial charge on any atom is 0.251 e. The van der Waals surface area contributed by atoms with Gasteiger partial charge in [0.1, 0.15) is 5.00 Å². The maximum atomic E-state index is 12.0. The number of carboxylic acids is 1. The maximum absolute atomic E-state index is 12.0. The van der Waals surface area contributed by atoms with E-state index in [0.29, 0.717) is 16.5 Å². The van der Waals surface area contributed by atoms with Crippen molar-refractivity contribution in [2.45, 2.75) is 58.3 Å². The van der Waals surface area contributed by atoms with E-state index in [1.807, 2.05) is 0 Å². The highest BCUT2D eigenvalue weighted by Gasteiger charge is 2.28. The van der Waals surface area contributed by atoms with E-state index in [1.54, 1.807) is 0 Å². The Balaban J connectivity index is 2.11. The fourth-order valence-electron chi connectivity index (χ4n) is 3.24. The summed E-state index contributed by atoms with van der Waals surface area (Å²) in [4.78, 5) is 35.4. The Kier molecular flexibility index (Phi) is 6.36. The van der Waals surface area contributed by atoms with Crippen LogP contribution in [0.5, 0.6) is 0 Å². The Hall–Kier alpha value is -1.89. The van der Waals surface area contributed by atoms with Crippen LogP contribution in [0.15, 0.2) is 0 Å². The van der Waals surface area contributed by atoms with Crippen molar-refractivity contribution in [1.82, 2.24) is 0 Å². The monoisotopic (exact) mass is 351 g/mol. The molecule has 1 aromatic rings. The minimum absolute atomic E-state index is 0.0766. The van der Waals surface area contributed by atoms with E-state index in [-0.39, 0.29) is 25.2 Å². The van der Waals surface area contributed by atoms with Crippen molar-refractivity contribution in [3.63, 3.8) is 0 Å². The van der Waals surface area contributed by atoms with Gasteiger partial charge in [0.2, 0.25) is 5.91 Å². The molecule has 0 unspecified atom stereocenters. The van der Waals surface area contributed by atoms with Gasteiger partial charge in [-0.05, 0) is 43.6 Å². The molecular formula is C17H23N2O4S-. The molecule has 1 aromatic heterocycles. The van der Waals surface area contributed by atoms with Gasteiger partial charge >= 0.3 is 0 Å². The van der Waals surface area contributed by atoms with E-state index < -0.39 is 11.9 Å². The molecule has 0 spiro atoms. The smallest absolute Gasteiger partial charge is 0.251 e. The number of nitrogens with two attached hydrogens (primary N) is 1. The fourth-order valence-corrected chi connectivity index (χ4v) is 4.62. The predicted octanol–water partition coefficient (Wildman–Crippen LogP) is 1.61. The molecule has 7 heteroatoms. The Bertz CT molecular complexity index is 639. The van der Waals surface area contributed by atoms with Crippen molar-refractivity contribution in [1.29, 1.82) is 0 Å². The molecule has 2 amide bonds. The zero-order valence-corrected chi connectivity index (χ0v) is 14.7. The summed E-state index contributed by atoms with van der Waals surface area (Å²) < 4.78 is 0. The third-order valence-corrected chi connectivity index (χ3v) is 5.52. The van der Waals surface area contributed by atoms with Crippen molar-refractivity contribution in [3.05, 3.63) is 16.0 Å². The van der Waals surface area contributed by atoms with Gasteiger partial charge in [0.25, 0.3) is 5.91 Å². The summed E-state index contributed by atoms with van der Waals surface area (Å²) in [6.07, 6.45) is 5.21. The normalized spacial score (nSPS) is 16.5. The average Bonchev–Trinajstić information content (AvgIpc) is 2.84. The van der Waals surface area contributed by atoms with Crippen molar-refractivity contribution < 1.29 is 19.5 Å². The van der Waals surface area contributed by atoms with Gasteiger partial charge in [-0.3, -0.25) is 9.59 Å². The molecule has 0 fully saturated rings. The molecular weight excluding hydrogens is 328 g/mol. The Labute approximate surface area is 145 Å². The first kappa shape index (κ1) is 18.4. The van der Waals surface area contributed by atoms with Gasteiger partial charge in [0, 0.05) is 17.3 Å². The van der Waals surface area contributed by atoms with Crippen LogP contribution in [0, 0.1) is 5.92 Å². The SMILES string of the molecule is CCC[C@H]1CCc2c(sc(NC(=O)CCCC(=O)[O-])c2C(N)=O)C1. The summed E-state index contributed by atoms with van der Waals surface area (Å²) in [5, 5.41) is 13.6. The van der Waals surface area contributed by atoms with Crippen molar-refractivity contribution >= 4 is 34.1 Å². The number of thiophene rings is 1. The lowest BCUT2D eigenvalue weighted by Crippen LogP contribution is -2.22. The highest BCUT2D eigenvalue weighted by Crippen LogP contribution is 2.40. The lowest BCUT2D eigenvalue weighted by atomic mass is 9.84. The highest BCUT2D eigenvalue weighted by molar-refractivity contribution is 7.17. The van der Waals surface area contributed by atoms with Crippen LogP contribution in [0.2, 0.25) is 0 Å². The largest absolute Gasteiger partial charge is 0.550 e. The molecule has 1 heterocycles. The van der Waals surface area contributed by atoms with Crippen molar-refractivity contribution in [3.8, 4) is 0 Å². The number of nitrogens with one attached hydrogen (secondary N) is 1. The Morgan fingerprint density at radius 2 is 2.08 bits per heavy atom. The zero-order chi connectivity index (χ0) is 17.7. The quantitative estimate of drug-likeness (QED) is 0.741. The van der Waals surface area contributed by atoms with Crippen molar-refractivity contribution in [2.75, 3.05) is 5.32 Å². The molecule has 0 aromatic carbocycles. The van der Waals surface area contributed by atoms with Gasteiger partial charge in [-0.25, -0.2) is 0 Å². The number of anilines is 1. The average molecular weight is 351 g/mol. The first-order chi connectivity index (χ1) is 11.4. The van der Waals surface area contributed by atoms with Crippen LogP contribution >= 0.6 is 11.3 Å². The van der Waals surface area contributed by atoms with Gasteiger partial charge in [-0.15, -0.1) is 11.3 Å². The highest BCUT2D eigenvalue weighted by atomic mass is 32.1. The van der Waals surface area contributed by atoms with E-state index in [4.69, 9.17) is 5.73 Å². The summed E-state index contributed by atoms with van der Waals surface area (Å²) in [7, 11) is 0. The fraction of sp³-hybridized carbons (Fsp3) is 0.588. The van der Waals surface area contributed by atoms with Gasteiger partial charge in [0.05, 0.1) is 5.56 Å². The standard InChI is InChI=1S/C17H24N2O4S/c1-2-4-10-7-8-11-12(9-10)24-17(15(11)16(18)23)19-13(20)5-3-6-14(21)22/h10H,2-9H2,1H3,(H2,18,23)(H,19,20)(H,21,22)/p-1/t10-/m0/s1. The Morgan fingerprint density at radius 1 is 1.33 bits per heavy atom. The zero-order valence-electron chi connectivity index (χ0n) is 13.9. The third-order valence-electron chi connectivity index (χ3n) is 4.35. The minimum Gasteiger partial charge on any atom is -0.550 e. The molecule has 3 N–H and O–H groups in total. The molecule has 24 heavy (non-hydrogen) atoms. The summed E-state index contributed by atoms with van der Waals surface area (Å²) in [6.45, 7) is 2.16. The second-order valence-corrected chi connectivity index (χ2v) is 7.35. The van der Waals surface area contributed by atoms with Crippen LogP contribution in [0.25, 0.3) is 0 Å². The predicted molar refractivity (Wildman–Crippen MR) is 90.7 cm³/mol. The first-order valence-electron chi connectivity index (χ1n) is 8.36. The van der Waals surface area contributed by atoms with Gasteiger partial charge in [-0.2, -0.15) is 0 Å². The third kappa shape index (κ3) is 4.56. The van der Waals surface area contributed by atoms with Crippen LogP contribution in [0.4, 0.5) is 5.00 Å². The number of hydrogen-bond acceptors (Lipinski definition) is 5. The molecule has 0 saturated heterocycles.